The van der Waals surface area contributed by atoms with Crippen molar-refractivity contribution in [2.75, 3.05) is 45.3 Å². The number of likely N-dealkylation sites (N-methyl/N-ethyl adjacent to an activating group) is 1. The molecule has 0 saturated carbocycles. The van der Waals surface area contributed by atoms with Gasteiger partial charge in [-0.1, -0.05) is 0 Å². The Kier molecular flexibility index (Phi) is 5.50. The van der Waals surface area contributed by atoms with Crippen LogP contribution in [0.4, 0.5) is 10.2 Å². The van der Waals surface area contributed by atoms with E-state index < -0.39 is 0 Å². The first-order chi connectivity index (χ1) is 10.1. The lowest BCUT2D eigenvalue weighted by atomic mass is 9.96. The number of ether oxygens (including phenoxy) is 1. The Bertz CT molecular complexity index is 484. The molecule has 1 aliphatic rings. The molecule has 0 aliphatic carbocycles. The maximum Gasteiger partial charge on any atom is 0.227 e. The quantitative estimate of drug-likeness (QED) is 0.826. The predicted molar refractivity (Wildman–Crippen MR) is 78.6 cm³/mol. The third kappa shape index (κ3) is 3.91. The first-order valence-corrected chi connectivity index (χ1v) is 7.23. The summed E-state index contributed by atoms with van der Waals surface area (Å²) in [6, 6.07) is 2.97. The molecule has 0 spiro atoms. The first-order valence-electron chi connectivity index (χ1n) is 7.23. The van der Waals surface area contributed by atoms with Crippen LogP contribution >= 0.6 is 0 Å². The van der Waals surface area contributed by atoms with Gasteiger partial charge in [0.2, 0.25) is 5.91 Å². The van der Waals surface area contributed by atoms with E-state index in [2.05, 4.69) is 4.98 Å². The van der Waals surface area contributed by atoms with Crippen molar-refractivity contribution in [2.24, 2.45) is 5.92 Å². The van der Waals surface area contributed by atoms with Crippen LogP contribution in [0.2, 0.25) is 0 Å². The molecule has 1 aromatic rings. The number of piperidine rings is 1. The standard InChI is InChI=1S/C15H22FN3O2/c1-18(9-10-21-2)15(20)12-5-4-8-19(11-12)14-13(16)6-3-7-17-14/h3,6-7,12H,4-5,8-11H2,1-2H3/t12-/m0/s1. The van der Waals surface area contributed by atoms with E-state index in [1.54, 1.807) is 31.3 Å². The van der Waals surface area contributed by atoms with Crippen LogP contribution in [0.5, 0.6) is 0 Å². The normalized spacial score (nSPS) is 18.6. The summed E-state index contributed by atoms with van der Waals surface area (Å²) >= 11 is 0. The zero-order valence-corrected chi connectivity index (χ0v) is 12.6. The molecule has 2 heterocycles. The Labute approximate surface area is 124 Å². The fraction of sp³-hybridized carbons (Fsp3) is 0.600. The highest BCUT2D eigenvalue weighted by molar-refractivity contribution is 5.79. The molecule has 0 N–H and O–H groups in total. The Balaban J connectivity index is 2.00. The van der Waals surface area contributed by atoms with Gasteiger partial charge in [0.25, 0.3) is 0 Å². The van der Waals surface area contributed by atoms with E-state index in [1.807, 2.05) is 4.90 Å². The summed E-state index contributed by atoms with van der Waals surface area (Å²) in [5.41, 5.74) is 0. The topological polar surface area (TPSA) is 45.7 Å². The maximum atomic E-state index is 13.8. The fourth-order valence-electron chi connectivity index (χ4n) is 2.63. The van der Waals surface area contributed by atoms with Crippen LogP contribution in [-0.4, -0.2) is 56.2 Å². The van der Waals surface area contributed by atoms with E-state index >= 15 is 0 Å². The molecule has 0 unspecified atom stereocenters. The average molecular weight is 295 g/mol. The number of nitrogens with zero attached hydrogens (tertiary/aromatic N) is 3. The van der Waals surface area contributed by atoms with Crippen molar-refractivity contribution in [1.82, 2.24) is 9.88 Å². The summed E-state index contributed by atoms with van der Waals surface area (Å²) in [5, 5.41) is 0. The van der Waals surface area contributed by atoms with Crippen LogP contribution in [0.25, 0.3) is 0 Å². The number of halogens is 1. The number of hydrogen-bond donors (Lipinski definition) is 0. The molecule has 1 saturated heterocycles. The van der Waals surface area contributed by atoms with E-state index in [1.165, 1.54) is 6.07 Å². The molecule has 5 nitrogen and oxygen atoms in total. The molecule has 116 valence electrons. The number of rotatable bonds is 5. The van der Waals surface area contributed by atoms with Crippen LogP contribution in [-0.2, 0) is 9.53 Å². The van der Waals surface area contributed by atoms with Gasteiger partial charge in [-0.15, -0.1) is 0 Å². The Morgan fingerprint density at radius 3 is 3.14 bits per heavy atom. The van der Waals surface area contributed by atoms with E-state index in [-0.39, 0.29) is 17.6 Å². The molecule has 2 rings (SSSR count). The van der Waals surface area contributed by atoms with E-state index in [0.29, 0.717) is 25.5 Å². The largest absolute Gasteiger partial charge is 0.383 e. The summed E-state index contributed by atoms with van der Waals surface area (Å²) in [6.45, 7) is 2.35. The van der Waals surface area contributed by atoms with E-state index in [0.717, 1.165) is 19.4 Å². The molecule has 1 atom stereocenters. The number of hydrogen-bond acceptors (Lipinski definition) is 4. The van der Waals surface area contributed by atoms with Crippen molar-refractivity contribution in [1.29, 1.82) is 0 Å². The molecular weight excluding hydrogens is 273 g/mol. The average Bonchev–Trinajstić information content (AvgIpc) is 2.52. The first kappa shape index (κ1) is 15.7. The smallest absolute Gasteiger partial charge is 0.227 e. The van der Waals surface area contributed by atoms with Gasteiger partial charge in [-0.3, -0.25) is 4.79 Å². The minimum Gasteiger partial charge on any atom is -0.383 e. The van der Waals surface area contributed by atoms with Crippen molar-refractivity contribution in [3.05, 3.63) is 24.1 Å². The number of carbonyl (C=O) groups is 1. The molecule has 6 heteroatoms. The molecular formula is C15H22FN3O2. The fourth-order valence-corrected chi connectivity index (χ4v) is 2.63. The Morgan fingerprint density at radius 1 is 1.62 bits per heavy atom. The summed E-state index contributed by atoms with van der Waals surface area (Å²) in [6.07, 6.45) is 3.28. The third-order valence-corrected chi connectivity index (χ3v) is 3.82. The van der Waals surface area contributed by atoms with Gasteiger partial charge in [0.1, 0.15) is 0 Å². The summed E-state index contributed by atoms with van der Waals surface area (Å²) in [4.78, 5) is 20.0. The van der Waals surface area contributed by atoms with Crippen molar-refractivity contribution >= 4 is 11.7 Å². The van der Waals surface area contributed by atoms with Crippen molar-refractivity contribution < 1.29 is 13.9 Å². The number of amides is 1. The van der Waals surface area contributed by atoms with Crippen LogP contribution in [0.15, 0.2) is 18.3 Å². The Morgan fingerprint density at radius 2 is 2.43 bits per heavy atom. The molecule has 1 aliphatic heterocycles. The lowest BCUT2D eigenvalue weighted by Gasteiger charge is -2.34. The molecule has 0 radical (unpaired) electrons. The number of anilines is 1. The summed E-state index contributed by atoms with van der Waals surface area (Å²) in [7, 11) is 3.39. The van der Waals surface area contributed by atoms with Crippen LogP contribution in [0.3, 0.4) is 0 Å². The molecule has 0 bridgehead atoms. The van der Waals surface area contributed by atoms with Gasteiger partial charge >= 0.3 is 0 Å². The van der Waals surface area contributed by atoms with Crippen molar-refractivity contribution in [3.63, 3.8) is 0 Å². The molecule has 1 fully saturated rings. The van der Waals surface area contributed by atoms with E-state index in [9.17, 15) is 9.18 Å². The second-order valence-corrected chi connectivity index (χ2v) is 5.35. The minimum absolute atomic E-state index is 0.0908. The number of carbonyl (C=O) groups excluding carboxylic acids is 1. The third-order valence-electron chi connectivity index (χ3n) is 3.82. The molecule has 1 aromatic heterocycles. The van der Waals surface area contributed by atoms with Gasteiger partial charge in [0.05, 0.1) is 12.5 Å². The molecule has 0 aromatic carbocycles. The maximum absolute atomic E-state index is 13.8. The summed E-state index contributed by atoms with van der Waals surface area (Å²) in [5.74, 6) is -0.0111. The number of methoxy groups -OCH3 is 1. The van der Waals surface area contributed by atoms with Gasteiger partial charge in [-0.2, -0.15) is 0 Å². The van der Waals surface area contributed by atoms with Crippen LogP contribution in [0, 0.1) is 11.7 Å². The lowest BCUT2D eigenvalue weighted by molar-refractivity contribution is -0.135. The second-order valence-electron chi connectivity index (χ2n) is 5.35. The second kappa shape index (κ2) is 7.36. The highest BCUT2D eigenvalue weighted by Crippen LogP contribution is 2.24. The zero-order chi connectivity index (χ0) is 15.2. The van der Waals surface area contributed by atoms with Gasteiger partial charge in [-0.25, -0.2) is 9.37 Å². The van der Waals surface area contributed by atoms with Gasteiger partial charge < -0.3 is 14.5 Å². The highest BCUT2D eigenvalue weighted by atomic mass is 19.1. The predicted octanol–water partition coefficient (Wildman–Crippen LogP) is 1.54. The van der Waals surface area contributed by atoms with Crippen molar-refractivity contribution in [2.45, 2.75) is 12.8 Å². The number of aromatic nitrogens is 1. The van der Waals surface area contributed by atoms with Gasteiger partial charge in [0.15, 0.2) is 11.6 Å². The SMILES string of the molecule is COCCN(C)C(=O)[C@H]1CCCN(c2ncccc2F)C1. The highest BCUT2D eigenvalue weighted by Gasteiger charge is 2.29. The summed E-state index contributed by atoms with van der Waals surface area (Å²) < 4.78 is 18.8. The van der Waals surface area contributed by atoms with Gasteiger partial charge in [0, 0.05) is 40.0 Å². The Hall–Kier alpha value is -1.69. The van der Waals surface area contributed by atoms with E-state index in [4.69, 9.17) is 4.74 Å². The monoisotopic (exact) mass is 295 g/mol. The lowest BCUT2D eigenvalue weighted by Crippen LogP contribution is -2.45. The van der Waals surface area contributed by atoms with Crippen LogP contribution in [0.1, 0.15) is 12.8 Å². The zero-order valence-electron chi connectivity index (χ0n) is 12.6. The molecule has 21 heavy (non-hydrogen) atoms. The van der Waals surface area contributed by atoms with Crippen LogP contribution < -0.4 is 4.90 Å². The minimum atomic E-state index is -0.335. The van der Waals surface area contributed by atoms with Gasteiger partial charge in [-0.05, 0) is 25.0 Å². The molecule has 1 amide bonds. The van der Waals surface area contributed by atoms with Crippen molar-refractivity contribution in [3.8, 4) is 0 Å². The number of pyridine rings is 1.